The Labute approximate surface area is 237 Å². The fourth-order valence-corrected chi connectivity index (χ4v) is 8.66. The van der Waals surface area contributed by atoms with Gasteiger partial charge in [0.25, 0.3) is 0 Å². The smallest absolute Gasteiger partial charge is 0.172 e. The number of anilines is 2. The number of nitrogens with zero attached hydrogens (tertiary/aromatic N) is 6. The molecule has 1 atom stereocenters. The lowest BCUT2D eigenvalue weighted by molar-refractivity contribution is -0.0518. The molecule has 0 amide bonds. The van der Waals surface area contributed by atoms with Crippen LogP contribution >= 0.6 is 0 Å². The highest BCUT2D eigenvalue weighted by atomic mass is 16.3. The van der Waals surface area contributed by atoms with Crippen LogP contribution in [0.2, 0.25) is 0 Å². The first-order chi connectivity index (χ1) is 19.6. The number of nitrogens with one attached hydrogen (secondary N) is 2. The minimum Gasteiger partial charge on any atom is -0.507 e. The van der Waals surface area contributed by atoms with Gasteiger partial charge in [0.1, 0.15) is 5.75 Å². The first-order valence-electron chi connectivity index (χ1n) is 15.7. The molecule has 4 saturated heterocycles. The molecule has 8 rings (SSSR count). The van der Waals surface area contributed by atoms with E-state index < -0.39 is 0 Å². The summed E-state index contributed by atoms with van der Waals surface area (Å²) in [6.07, 6.45) is 8.22. The van der Waals surface area contributed by atoms with Gasteiger partial charge in [-0.2, -0.15) is 0 Å². The summed E-state index contributed by atoms with van der Waals surface area (Å²) in [7, 11) is 0. The molecular formula is C31H44N8O. The fourth-order valence-electron chi connectivity index (χ4n) is 8.66. The Morgan fingerprint density at radius 2 is 1.48 bits per heavy atom. The Morgan fingerprint density at radius 1 is 0.775 bits per heavy atom. The predicted octanol–water partition coefficient (Wildman–Crippen LogP) is 2.45. The van der Waals surface area contributed by atoms with Crippen LogP contribution in [0.5, 0.6) is 5.75 Å². The summed E-state index contributed by atoms with van der Waals surface area (Å²) in [5.74, 6) is 1.11. The van der Waals surface area contributed by atoms with Gasteiger partial charge in [-0.05, 0) is 88.3 Å². The van der Waals surface area contributed by atoms with Gasteiger partial charge in [-0.25, -0.2) is 0 Å². The van der Waals surface area contributed by atoms with E-state index >= 15 is 0 Å². The average Bonchev–Trinajstić information content (AvgIpc) is 2.96. The highest BCUT2D eigenvalue weighted by molar-refractivity contribution is 5.76. The molecule has 0 bridgehead atoms. The molecule has 40 heavy (non-hydrogen) atoms. The average molecular weight is 545 g/mol. The summed E-state index contributed by atoms with van der Waals surface area (Å²) in [6.45, 7) is 11.8. The van der Waals surface area contributed by atoms with Crippen LogP contribution < -0.4 is 15.5 Å². The quantitative estimate of drug-likeness (QED) is 0.538. The number of aromatic nitrogens is 2. The van der Waals surface area contributed by atoms with Crippen molar-refractivity contribution in [3.05, 3.63) is 30.3 Å². The molecule has 1 aromatic heterocycles. The van der Waals surface area contributed by atoms with Crippen LogP contribution in [0, 0.1) is 5.41 Å². The summed E-state index contributed by atoms with van der Waals surface area (Å²) in [6, 6.07) is 12.3. The number of piperazine rings is 1. The Morgan fingerprint density at radius 3 is 2.17 bits per heavy atom. The molecule has 9 nitrogen and oxygen atoms in total. The maximum absolute atomic E-state index is 10.3. The maximum atomic E-state index is 10.3. The molecule has 2 aromatic rings. The third kappa shape index (κ3) is 4.46. The highest BCUT2D eigenvalue weighted by Crippen LogP contribution is 2.47. The van der Waals surface area contributed by atoms with E-state index in [-0.39, 0.29) is 5.75 Å². The second kappa shape index (κ2) is 10.1. The number of para-hydroxylation sites is 1. The van der Waals surface area contributed by atoms with E-state index in [0.29, 0.717) is 17.5 Å². The summed E-state index contributed by atoms with van der Waals surface area (Å²) < 4.78 is 0. The van der Waals surface area contributed by atoms with Crippen molar-refractivity contribution in [2.24, 2.45) is 5.41 Å². The Bertz CT molecular complexity index is 1210. The van der Waals surface area contributed by atoms with E-state index in [9.17, 15) is 5.11 Å². The van der Waals surface area contributed by atoms with Crippen molar-refractivity contribution < 1.29 is 5.11 Å². The van der Waals surface area contributed by atoms with E-state index in [2.05, 4.69) is 46.5 Å². The van der Waals surface area contributed by atoms with E-state index in [1.54, 1.807) is 6.07 Å². The Balaban J connectivity index is 0.842. The number of phenols is 1. The third-order valence-electron chi connectivity index (χ3n) is 11.2. The van der Waals surface area contributed by atoms with Crippen molar-refractivity contribution in [2.45, 2.75) is 62.7 Å². The van der Waals surface area contributed by atoms with E-state index in [4.69, 9.17) is 0 Å². The van der Waals surface area contributed by atoms with Gasteiger partial charge in [-0.3, -0.25) is 4.90 Å². The molecule has 9 heteroatoms. The number of fused-ring (bicyclic) bond motifs is 3. The zero-order chi connectivity index (χ0) is 26.7. The fraction of sp³-hybridized carbons (Fsp3) is 0.677. The van der Waals surface area contributed by atoms with Crippen LogP contribution in [0.4, 0.5) is 11.5 Å². The van der Waals surface area contributed by atoms with Crippen LogP contribution in [-0.4, -0.2) is 120 Å². The molecule has 3 N–H and O–H groups in total. The largest absolute Gasteiger partial charge is 0.507 e. The number of piperidine rings is 2. The van der Waals surface area contributed by atoms with Crippen LogP contribution in [-0.2, 0) is 0 Å². The molecule has 1 aromatic carbocycles. The molecule has 5 fully saturated rings. The van der Waals surface area contributed by atoms with E-state index in [1.165, 1.54) is 77.8 Å². The number of likely N-dealkylation sites (tertiary alicyclic amines) is 2. The molecule has 1 aliphatic carbocycles. The van der Waals surface area contributed by atoms with Gasteiger partial charge in [-0.15, -0.1) is 10.2 Å². The standard InChI is InChI=1S/C31H44N8O/c40-29-4-2-1-3-26(29)27-15-28-30(35-34-27)33-18-25-19-38(13-14-39(25)28)23-7-9-36(10-8-23)22-5-11-37(12-6-22)24-16-31(17-24)20-32-21-31/h1-4,15,22-25,32,40H,5-14,16-21H2,(H,33,35)/t25-/m0/s1. The van der Waals surface area contributed by atoms with Gasteiger partial charge in [-0.1, -0.05) is 12.1 Å². The molecule has 6 aliphatic rings. The van der Waals surface area contributed by atoms with Crippen LogP contribution in [0.3, 0.4) is 0 Å². The van der Waals surface area contributed by atoms with Crippen molar-refractivity contribution in [1.82, 2.24) is 30.2 Å². The molecule has 6 heterocycles. The SMILES string of the molecule is Oc1ccccc1-c1cc2c(nn1)NC[C@H]1CN(C3CCN(C4CCN(C5CC6(CNC6)C5)CC4)CC3)CCN21. The lowest BCUT2D eigenvalue weighted by Gasteiger charge is -2.58. The van der Waals surface area contributed by atoms with Crippen molar-refractivity contribution >= 4 is 11.5 Å². The zero-order valence-electron chi connectivity index (χ0n) is 23.6. The number of phenolic OH excluding ortho intramolecular Hbond substituents is 1. The summed E-state index contributed by atoms with van der Waals surface area (Å²) in [5, 5.41) is 26.3. The summed E-state index contributed by atoms with van der Waals surface area (Å²) in [5.41, 5.74) is 3.27. The zero-order valence-corrected chi connectivity index (χ0v) is 23.6. The van der Waals surface area contributed by atoms with Crippen molar-refractivity contribution in [3.8, 4) is 17.0 Å². The highest BCUT2D eigenvalue weighted by Gasteiger charge is 2.50. The Kier molecular flexibility index (Phi) is 6.39. The van der Waals surface area contributed by atoms with Gasteiger partial charge in [0, 0.05) is 63.0 Å². The second-order valence-electron chi connectivity index (χ2n) is 13.4. The number of benzene rings is 1. The van der Waals surface area contributed by atoms with Gasteiger partial charge in [0.2, 0.25) is 0 Å². The van der Waals surface area contributed by atoms with Gasteiger partial charge in [0.05, 0.1) is 17.4 Å². The van der Waals surface area contributed by atoms with Crippen molar-refractivity contribution in [3.63, 3.8) is 0 Å². The first-order valence-corrected chi connectivity index (χ1v) is 15.7. The molecule has 5 aliphatic heterocycles. The number of rotatable bonds is 4. The van der Waals surface area contributed by atoms with Gasteiger partial charge in [0.15, 0.2) is 5.82 Å². The second-order valence-corrected chi connectivity index (χ2v) is 13.4. The van der Waals surface area contributed by atoms with Gasteiger partial charge < -0.3 is 30.4 Å². The molecule has 0 radical (unpaired) electrons. The van der Waals surface area contributed by atoms with Crippen molar-refractivity contribution in [2.75, 3.05) is 75.7 Å². The number of aromatic hydroxyl groups is 1. The van der Waals surface area contributed by atoms with Gasteiger partial charge >= 0.3 is 0 Å². The first kappa shape index (κ1) is 25.3. The molecule has 0 unspecified atom stereocenters. The lowest BCUT2D eigenvalue weighted by Crippen LogP contribution is -2.66. The number of hydrogen-bond donors (Lipinski definition) is 3. The van der Waals surface area contributed by atoms with Crippen LogP contribution in [0.1, 0.15) is 38.5 Å². The molecule has 1 spiro atoms. The van der Waals surface area contributed by atoms with Crippen LogP contribution in [0.15, 0.2) is 30.3 Å². The normalized spacial score (nSPS) is 28.4. The number of hydrogen-bond acceptors (Lipinski definition) is 9. The molecule has 1 saturated carbocycles. The minimum absolute atomic E-state index is 0.247. The van der Waals surface area contributed by atoms with Crippen LogP contribution in [0.25, 0.3) is 11.3 Å². The topological polar surface area (TPSA) is 83.0 Å². The molecular weight excluding hydrogens is 500 g/mol. The Hall–Kier alpha value is -2.46. The van der Waals surface area contributed by atoms with E-state index in [1.807, 2.05) is 18.2 Å². The minimum atomic E-state index is 0.247. The monoisotopic (exact) mass is 544 g/mol. The predicted molar refractivity (Wildman–Crippen MR) is 158 cm³/mol. The third-order valence-corrected chi connectivity index (χ3v) is 11.2. The summed E-state index contributed by atoms with van der Waals surface area (Å²) in [4.78, 5) is 10.9. The van der Waals surface area contributed by atoms with Crippen molar-refractivity contribution in [1.29, 1.82) is 0 Å². The molecule has 214 valence electrons. The summed E-state index contributed by atoms with van der Waals surface area (Å²) >= 11 is 0. The van der Waals surface area contributed by atoms with E-state index in [0.717, 1.165) is 61.0 Å². The maximum Gasteiger partial charge on any atom is 0.172 e. The lowest BCUT2D eigenvalue weighted by atomic mass is 9.61.